The van der Waals surface area contributed by atoms with Gasteiger partial charge in [0.1, 0.15) is 4.60 Å². The van der Waals surface area contributed by atoms with E-state index in [1.165, 1.54) is 27.8 Å². The van der Waals surface area contributed by atoms with Crippen molar-refractivity contribution in [1.29, 1.82) is 0 Å². The summed E-state index contributed by atoms with van der Waals surface area (Å²) in [7, 11) is 0. The van der Waals surface area contributed by atoms with Gasteiger partial charge in [-0.2, -0.15) is 5.10 Å². The third kappa shape index (κ3) is 2.25. The molecule has 0 radical (unpaired) electrons. The first-order valence-corrected chi connectivity index (χ1v) is 9.30. The van der Waals surface area contributed by atoms with Crippen LogP contribution in [0, 0.1) is 0 Å². The van der Waals surface area contributed by atoms with Crippen molar-refractivity contribution in [1.82, 2.24) is 15.2 Å². The highest BCUT2D eigenvalue weighted by Crippen LogP contribution is 2.44. The normalized spacial score (nSPS) is 12.9. The van der Waals surface area contributed by atoms with Crippen molar-refractivity contribution >= 4 is 38.6 Å². The summed E-state index contributed by atoms with van der Waals surface area (Å²) in [5.74, 6) is 0. The predicted octanol–water partition coefficient (Wildman–Crippen LogP) is 5.81. The number of nitrogens with one attached hydrogen (secondary N) is 1. The van der Waals surface area contributed by atoms with Gasteiger partial charge in [-0.15, -0.1) is 0 Å². The molecule has 2 aromatic carbocycles. The number of hydrogen-bond acceptors (Lipinski definition) is 2. The first kappa shape index (κ1) is 15.1. The molecule has 0 unspecified atom stereocenters. The highest BCUT2D eigenvalue weighted by Gasteiger charge is 2.24. The zero-order chi connectivity index (χ0) is 17.0. The van der Waals surface area contributed by atoms with Crippen LogP contribution in [0.15, 0.2) is 53.3 Å². The van der Waals surface area contributed by atoms with Gasteiger partial charge in [0, 0.05) is 22.3 Å². The lowest BCUT2D eigenvalue weighted by molar-refractivity contribution is 0.938. The van der Waals surface area contributed by atoms with Gasteiger partial charge in [-0.25, -0.2) is 4.98 Å². The Hall–Kier alpha value is -2.17. The molecule has 2 heterocycles. The molecular weight excluding hydrogens is 398 g/mol. The summed E-state index contributed by atoms with van der Waals surface area (Å²) in [5, 5.41) is 9.11. The quantitative estimate of drug-likeness (QED) is 0.430. The molecule has 0 saturated heterocycles. The summed E-state index contributed by atoms with van der Waals surface area (Å²) in [5.41, 5.74) is 8.16. The average molecular weight is 411 g/mol. The van der Waals surface area contributed by atoms with E-state index < -0.39 is 0 Å². The molecule has 0 spiro atoms. The monoisotopic (exact) mass is 409 g/mol. The number of benzene rings is 2. The smallest absolute Gasteiger partial charge is 0.156 e. The number of aromatic amines is 1. The standard InChI is InChI=1S/C20H13BrClN3/c21-19-18-17-11(10-23-20(18)25-24-19)8-9-13-12(5-3-6-15(13)17)14-4-1-2-7-16(14)22/h1-7,10H,8-9H2,(H,23,24,25). The van der Waals surface area contributed by atoms with E-state index in [2.05, 4.69) is 55.4 Å². The maximum atomic E-state index is 6.47. The topological polar surface area (TPSA) is 41.6 Å². The predicted molar refractivity (Wildman–Crippen MR) is 105 cm³/mol. The Bertz CT molecular complexity index is 1130. The third-order valence-electron chi connectivity index (χ3n) is 4.88. The van der Waals surface area contributed by atoms with Gasteiger partial charge in [-0.05, 0) is 57.1 Å². The van der Waals surface area contributed by atoms with Crippen LogP contribution in [0.25, 0.3) is 33.3 Å². The fraction of sp³-hybridized carbons (Fsp3) is 0.100. The molecule has 0 fully saturated rings. The van der Waals surface area contributed by atoms with E-state index in [-0.39, 0.29) is 0 Å². The number of halogens is 2. The SMILES string of the molecule is Clc1ccccc1-c1cccc2c1CCc1cnc3[nH]nc(Br)c3c1-2. The second kappa shape index (κ2) is 5.68. The zero-order valence-electron chi connectivity index (χ0n) is 13.2. The number of fused-ring (bicyclic) bond motifs is 5. The largest absolute Gasteiger partial charge is 0.260 e. The van der Waals surface area contributed by atoms with Crippen molar-refractivity contribution in [2.24, 2.45) is 0 Å². The molecule has 5 heteroatoms. The number of aromatic nitrogens is 3. The minimum atomic E-state index is 0.783. The van der Waals surface area contributed by atoms with Crippen LogP contribution in [0.5, 0.6) is 0 Å². The van der Waals surface area contributed by atoms with Crippen molar-refractivity contribution < 1.29 is 0 Å². The summed E-state index contributed by atoms with van der Waals surface area (Å²) in [6.45, 7) is 0. The highest BCUT2D eigenvalue weighted by atomic mass is 79.9. The van der Waals surface area contributed by atoms with E-state index in [1.54, 1.807) is 0 Å². The van der Waals surface area contributed by atoms with Crippen molar-refractivity contribution in [3.8, 4) is 22.3 Å². The molecule has 1 N–H and O–H groups in total. The van der Waals surface area contributed by atoms with Gasteiger partial charge in [0.05, 0.1) is 5.39 Å². The van der Waals surface area contributed by atoms with Gasteiger partial charge in [-0.3, -0.25) is 5.10 Å². The molecule has 25 heavy (non-hydrogen) atoms. The van der Waals surface area contributed by atoms with Crippen LogP contribution in [0.3, 0.4) is 0 Å². The molecule has 3 nitrogen and oxygen atoms in total. The van der Waals surface area contributed by atoms with E-state index in [0.717, 1.165) is 39.1 Å². The summed E-state index contributed by atoms with van der Waals surface area (Å²) in [4.78, 5) is 4.51. The number of aryl methyl sites for hydroxylation is 1. The fourth-order valence-electron chi connectivity index (χ4n) is 3.77. The van der Waals surface area contributed by atoms with Gasteiger partial charge in [-0.1, -0.05) is 48.0 Å². The second-order valence-corrected chi connectivity index (χ2v) is 7.37. The van der Waals surface area contributed by atoms with Crippen LogP contribution in [-0.2, 0) is 12.8 Å². The van der Waals surface area contributed by atoms with Gasteiger partial charge >= 0.3 is 0 Å². The van der Waals surface area contributed by atoms with Crippen LogP contribution in [0.4, 0.5) is 0 Å². The minimum Gasteiger partial charge on any atom is -0.260 e. The Morgan fingerprint density at radius 1 is 0.960 bits per heavy atom. The first-order chi connectivity index (χ1) is 12.2. The lowest BCUT2D eigenvalue weighted by Gasteiger charge is -2.23. The Morgan fingerprint density at radius 3 is 2.64 bits per heavy atom. The van der Waals surface area contributed by atoms with Crippen LogP contribution < -0.4 is 0 Å². The van der Waals surface area contributed by atoms with Crippen LogP contribution in [-0.4, -0.2) is 15.2 Å². The number of rotatable bonds is 1. The maximum absolute atomic E-state index is 6.47. The van der Waals surface area contributed by atoms with E-state index in [0.29, 0.717) is 0 Å². The molecule has 0 aliphatic heterocycles. The molecular formula is C20H13BrClN3. The maximum Gasteiger partial charge on any atom is 0.156 e. The van der Waals surface area contributed by atoms with Crippen molar-refractivity contribution in [2.75, 3.05) is 0 Å². The number of pyridine rings is 1. The average Bonchev–Trinajstić information content (AvgIpc) is 3.02. The Kier molecular flexibility index (Phi) is 3.43. The van der Waals surface area contributed by atoms with E-state index in [9.17, 15) is 0 Å². The molecule has 4 aromatic rings. The molecule has 122 valence electrons. The zero-order valence-corrected chi connectivity index (χ0v) is 15.5. The van der Waals surface area contributed by atoms with E-state index >= 15 is 0 Å². The molecule has 0 atom stereocenters. The molecule has 0 amide bonds. The minimum absolute atomic E-state index is 0.783. The summed E-state index contributed by atoms with van der Waals surface area (Å²) >= 11 is 10.0. The molecule has 0 bridgehead atoms. The Balaban J connectivity index is 1.84. The van der Waals surface area contributed by atoms with Crippen LogP contribution in [0.1, 0.15) is 11.1 Å². The molecule has 5 rings (SSSR count). The van der Waals surface area contributed by atoms with Crippen LogP contribution in [0.2, 0.25) is 5.02 Å². The summed E-state index contributed by atoms with van der Waals surface area (Å²) in [6.07, 6.45) is 3.91. The third-order valence-corrected chi connectivity index (χ3v) is 5.78. The van der Waals surface area contributed by atoms with Crippen molar-refractivity contribution in [2.45, 2.75) is 12.8 Å². The lowest BCUT2D eigenvalue weighted by Crippen LogP contribution is -2.07. The summed E-state index contributed by atoms with van der Waals surface area (Å²) < 4.78 is 0.808. The van der Waals surface area contributed by atoms with E-state index in [1.807, 2.05) is 24.4 Å². The fourth-order valence-corrected chi connectivity index (χ4v) is 4.49. The van der Waals surface area contributed by atoms with Crippen molar-refractivity contribution in [3.05, 3.63) is 69.4 Å². The Labute approximate surface area is 158 Å². The lowest BCUT2D eigenvalue weighted by atomic mass is 9.81. The molecule has 1 aliphatic rings. The number of H-pyrrole nitrogens is 1. The van der Waals surface area contributed by atoms with Crippen molar-refractivity contribution in [3.63, 3.8) is 0 Å². The number of nitrogens with zero attached hydrogens (tertiary/aromatic N) is 2. The first-order valence-electron chi connectivity index (χ1n) is 8.12. The van der Waals surface area contributed by atoms with Gasteiger partial charge in [0.15, 0.2) is 5.65 Å². The molecule has 1 aliphatic carbocycles. The van der Waals surface area contributed by atoms with Gasteiger partial charge in [0.25, 0.3) is 0 Å². The molecule has 2 aromatic heterocycles. The Morgan fingerprint density at radius 2 is 1.76 bits per heavy atom. The highest BCUT2D eigenvalue weighted by molar-refractivity contribution is 9.10. The second-order valence-electron chi connectivity index (χ2n) is 6.21. The van der Waals surface area contributed by atoms with Crippen LogP contribution >= 0.6 is 27.5 Å². The summed E-state index contributed by atoms with van der Waals surface area (Å²) in [6, 6.07) is 14.5. The molecule has 0 saturated carbocycles. The van der Waals surface area contributed by atoms with Gasteiger partial charge < -0.3 is 0 Å². The number of hydrogen-bond donors (Lipinski definition) is 1. The van der Waals surface area contributed by atoms with Gasteiger partial charge in [0.2, 0.25) is 0 Å². The van der Waals surface area contributed by atoms with E-state index in [4.69, 9.17) is 11.6 Å².